The Morgan fingerprint density at radius 1 is 0.885 bits per heavy atom. The summed E-state index contributed by atoms with van der Waals surface area (Å²) in [7, 11) is 4.85. The fourth-order valence-electron chi connectivity index (χ4n) is 3.68. The van der Waals surface area contributed by atoms with Gasteiger partial charge in [0, 0.05) is 5.69 Å². The molecule has 2 aromatic carbocycles. The van der Waals surface area contributed by atoms with Gasteiger partial charge < -0.3 is 19.5 Å². The molecule has 0 saturated heterocycles. The summed E-state index contributed by atoms with van der Waals surface area (Å²) in [6.07, 6.45) is 3.71. The number of carbonyl (C=O) groups is 1. The summed E-state index contributed by atoms with van der Waals surface area (Å²) in [6.45, 7) is 0. The summed E-state index contributed by atoms with van der Waals surface area (Å²) in [5.74, 6) is 2.10. The van der Waals surface area contributed by atoms with Crippen LogP contribution in [-0.4, -0.2) is 27.2 Å². The van der Waals surface area contributed by atoms with Crippen molar-refractivity contribution in [3.05, 3.63) is 48.0 Å². The molecule has 0 bridgehead atoms. The lowest BCUT2D eigenvalue weighted by Crippen LogP contribution is -2.38. The molecule has 1 saturated carbocycles. The van der Waals surface area contributed by atoms with Gasteiger partial charge in [0.25, 0.3) is 0 Å². The molecule has 0 aliphatic heterocycles. The van der Waals surface area contributed by atoms with Crippen molar-refractivity contribution < 1.29 is 19.0 Å². The summed E-state index contributed by atoms with van der Waals surface area (Å²) >= 11 is 0. The number of methoxy groups -OCH3 is 3. The van der Waals surface area contributed by atoms with Gasteiger partial charge in [0.2, 0.25) is 5.91 Å². The Balaban J connectivity index is 1.90. The van der Waals surface area contributed by atoms with Crippen molar-refractivity contribution in [3.63, 3.8) is 0 Å². The zero-order valence-corrected chi connectivity index (χ0v) is 15.5. The van der Waals surface area contributed by atoms with Crippen LogP contribution in [0.4, 0.5) is 5.69 Å². The summed E-state index contributed by atoms with van der Waals surface area (Å²) in [6, 6.07) is 13.2. The van der Waals surface area contributed by atoms with E-state index >= 15 is 0 Å². The zero-order chi connectivity index (χ0) is 18.6. The molecule has 0 spiro atoms. The van der Waals surface area contributed by atoms with Crippen LogP contribution in [0.25, 0.3) is 0 Å². The highest BCUT2D eigenvalue weighted by Crippen LogP contribution is 2.44. The standard InChI is InChI=1S/C21H25NO4/c1-24-17-9-7-16(8-10-17)22-20(23)21(12-4-5-13-21)15-6-11-18(25-2)19(14-15)26-3/h6-11,14H,4-5,12-13H2,1-3H3,(H,22,23). The van der Waals surface area contributed by atoms with Crippen molar-refractivity contribution >= 4 is 11.6 Å². The van der Waals surface area contributed by atoms with E-state index in [2.05, 4.69) is 5.32 Å². The molecule has 5 nitrogen and oxygen atoms in total. The van der Waals surface area contributed by atoms with Crippen molar-refractivity contribution in [2.75, 3.05) is 26.6 Å². The fourth-order valence-corrected chi connectivity index (χ4v) is 3.68. The maximum atomic E-state index is 13.2. The number of carbonyl (C=O) groups excluding carboxylic acids is 1. The molecule has 0 aromatic heterocycles. The maximum Gasteiger partial charge on any atom is 0.235 e. The highest BCUT2D eigenvalue weighted by molar-refractivity contribution is 5.99. The first kappa shape index (κ1) is 18.1. The monoisotopic (exact) mass is 355 g/mol. The fraction of sp³-hybridized carbons (Fsp3) is 0.381. The molecule has 1 N–H and O–H groups in total. The molecule has 1 aliphatic rings. The number of hydrogen-bond donors (Lipinski definition) is 1. The third-order valence-corrected chi connectivity index (χ3v) is 5.18. The molecule has 5 heteroatoms. The topological polar surface area (TPSA) is 56.8 Å². The molecule has 0 atom stereocenters. The molecule has 0 heterocycles. The van der Waals surface area contributed by atoms with E-state index in [9.17, 15) is 4.79 Å². The van der Waals surface area contributed by atoms with E-state index in [0.29, 0.717) is 11.5 Å². The van der Waals surface area contributed by atoms with Crippen molar-refractivity contribution in [1.29, 1.82) is 0 Å². The summed E-state index contributed by atoms with van der Waals surface area (Å²) in [5.41, 5.74) is 1.20. The van der Waals surface area contributed by atoms with Crippen LogP contribution in [0.1, 0.15) is 31.2 Å². The first-order valence-electron chi connectivity index (χ1n) is 8.81. The number of ether oxygens (including phenoxy) is 3. The van der Waals surface area contributed by atoms with Crippen LogP contribution in [0, 0.1) is 0 Å². The van der Waals surface area contributed by atoms with Gasteiger partial charge in [-0.05, 0) is 54.8 Å². The zero-order valence-electron chi connectivity index (χ0n) is 15.5. The van der Waals surface area contributed by atoms with Gasteiger partial charge in [-0.15, -0.1) is 0 Å². The predicted molar refractivity (Wildman–Crippen MR) is 101 cm³/mol. The van der Waals surface area contributed by atoms with Crippen LogP contribution >= 0.6 is 0 Å². The van der Waals surface area contributed by atoms with Gasteiger partial charge in [0.05, 0.1) is 26.7 Å². The molecule has 138 valence electrons. The largest absolute Gasteiger partial charge is 0.497 e. The SMILES string of the molecule is COc1ccc(NC(=O)C2(c3ccc(OC)c(OC)c3)CCCC2)cc1. The van der Waals surface area contributed by atoms with Gasteiger partial charge in [0.15, 0.2) is 11.5 Å². The minimum Gasteiger partial charge on any atom is -0.497 e. The van der Waals surface area contributed by atoms with Crippen molar-refractivity contribution in [3.8, 4) is 17.2 Å². The first-order chi connectivity index (χ1) is 12.6. The highest BCUT2D eigenvalue weighted by atomic mass is 16.5. The number of anilines is 1. The second-order valence-corrected chi connectivity index (χ2v) is 6.54. The Morgan fingerprint density at radius 3 is 2.12 bits per heavy atom. The van der Waals surface area contributed by atoms with Gasteiger partial charge in [-0.2, -0.15) is 0 Å². The van der Waals surface area contributed by atoms with E-state index in [1.165, 1.54) is 0 Å². The van der Waals surface area contributed by atoms with E-state index in [1.807, 2.05) is 42.5 Å². The van der Waals surface area contributed by atoms with Crippen LogP contribution in [0.3, 0.4) is 0 Å². The average molecular weight is 355 g/mol. The Bertz CT molecular complexity index is 764. The summed E-state index contributed by atoms with van der Waals surface area (Å²) in [4.78, 5) is 13.2. The van der Waals surface area contributed by atoms with E-state index < -0.39 is 5.41 Å². The Kier molecular flexibility index (Phi) is 5.35. The van der Waals surface area contributed by atoms with Crippen LogP contribution in [-0.2, 0) is 10.2 Å². The lowest BCUT2D eigenvalue weighted by atomic mass is 9.77. The molecule has 3 rings (SSSR count). The molecule has 1 fully saturated rings. The van der Waals surface area contributed by atoms with Crippen molar-refractivity contribution in [2.45, 2.75) is 31.1 Å². The van der Waals surface area contributed by atoms with E-state index in [0.717, 1.165) is 42.7 Å². The Morgan fingerprint density at radius 2 is 1.54 bits per heavy atom. The molecule has 0 radical (unpaired) electrons. The first-order valence-corrected chi connectivity index (χ1v) is 8.81. The van der Waals surface area contributed by atoms with Crippen LogP contribution in [0.5, 0.6) is 17.2 Å². The number of hydrogen-bond acceptors (Lipinski definition) is 4. The lowest BCUT2D eigenvalue weighted by Gasteiger charge is -2.29. The third-order valence-electron chi connectivity index (χ3n) is 5.18. The van der Waals surface area contributed by atoms with Gasteiger partial charge in [-0.3, -0.25) is 4.79 Å². The van der Waals surface area contributed by atoms with Crippen molar-refractivity contribution in [2.24, 2.45) is 0 Å². The van der Waals surface area contributed by atoms with Crippen LogP contribution < -0.4 is 19.5 Å². The summed E-state index contributed by atoms with van der Waals surface area (Å²) < 4.78 is 15.9. The summed E-state index contributed by atoms with van der Waals surface area (Å²) in [5, 5.41) is 3.07. The molecule has 2 aromatic rings. The Labute approximate surface area is 154 Å². The molecule has 0 unspecified atom stereocenters. The minimum atomic E-state index is -0.542. The van der Waals surface area contributed by atoms with E-state index in [-0.39, 0.29) is 5.91 Å². The average Bonchev–Trinajstić information content (AvgIpc) is 3.19. The molecule has 1 aliphatic carbocycles. The van der Waals surface area contributed by atoms with E-state index in [4.69, 9.17) is 14.2 Å². The molecular weight excluding hydrogens is 330 g/mol. The Hall–Kier alpha value is -2.69. The van der Waals surface area contributed by atoms with Gasteiger partial charge in [0.1, 0.15) is 5.75 Å². The lowest BCUT2D eigenvalue weighted by molar-refractivity contribution is -0.121. The van der Waals surface area contributed by atoms with E-state index in [1.54, 1.807) is 21.3 Å². The normalized spacial score (nSPS) is 15.3. The molecular formula is C21H25NO4. The van der Waals surface area contributed by atoms with Gasteiger partial charge >= 0.3 is 0 Å². The number of rotatable bonds is 6. The number of nitrogens with one attached hydrogen (secondary N) is 1. The molecule has 1 amide bonds. The quantitative estimate of drug-likeness (QED) is 0.845. The number of amides is 1. The minimum absolute atomic E-state index is 0.0207. The highest BCUT2D eigenvalue weighted by Gasteiger charge is 2.43. The van der Waals surface area contributed by atoms with Gasteiger partial charge in [-0.1, -0.05) is 18.9 Å². The van der Waals surface area contributed by atoms with Crippen LogP contribution in [0.2, 0.25) is 0 Å². The smallest absolute Gasteiger partial charge is 0.235 e. The predicted octanol–water partition coefficient (Wildman–Crippen LogP) is 4.16. The maximum absolute atomic E-state index is 13.2. The molecule has 26 heavy (non-hydrogen) atoms. The third kappa shape index (κ3) is 3.34. The van der Waals surface area contributed by atoms with Gasteiger partial charge in [-0.25, -0.2) is 0 Å². The van der Waals surface area contributed by atoms with Crippen LogP contribution in [0.15, 0.2) is 42.5 Å². The van der Waals surface area contributed by atoms with Crippen molar-refractivity contribution in [1.82, 2.24) is 0 Å². The second kappa shape index (κ2) is 7.68. The second-order valence-electron chi connectivity index (χ2n) is 6.54. The number of benzene rings is 2.